The summed E-state index contributed by atoms with van der Waals surface area (Å²) in [5.74, 6) is 0. The van der Waals surface area contributed by atoms with Gasteiger partial charge in [-0.15, -0.1) is 13.2 Å². The molecule has 0 unspecified atom stereocenters. The van der Waals surface area contributed by atoms with Gasteiger partial charge in [0, 0.05) is 0 Å². The van der Waals surface area contributed by atoms with E-state index >= 15 is 0 Å². The van der Waals surface area contributed by atoms with Crippen LogP contribution in [0.1, 0.15) is 6.92 Å². The van der Waals surface area contributed by atoms with Crippen molar-refractivity contribution in [3.63, 3.8) is 0 Å². The Kier molecular flexibility index (Phi) is 36.6. The Morgan fingerprint density at radius 2 is 0.388 bits per heavy atom. The summed E-state index contributed by atoms with van der Waals surface area (Å²) < 4.78 is 3.67. The van der Waals surface area contributed by atoms with E-state index in [9.17, 15) is 0 Å². The summed E-state index contributed by atoms with van der Waals surface area (Å²) in [5, 5.41) is 0. The number of nitrogens with two attached hydrogens (primary N) is 1. The molecule has 5 heteroatoms. The van der Waals surface area contributed by atoms with Gasteiger partial charge in [0.1, 0.15) is 26.2 Å². The summed E-state index contributed by atoms with van der Waals surface area (Å²) in [5.41, 5.74) is 4.85. The first-order chi connectivity index (χ1) is 23.6. The van der Waals surface area contributed by atoms with Gasteiger partial charge in [0.25, 0.3) is 0 Å². The summed E-state index contributed by atoms with van der Waals surface area (Å²) in [4.78, 5) is 0. The van der Waals surface area contributed by atoms with E-state index in [2.05, 4.69) is 92.1 Å². The fourth-order valence-electron chi connectivity index (χ4n) is 6.12. The molecule has 0 radical (unpaired) electrons. The zero-order valence-electron chi connectivity index (χ0n) is 32.2. The van der Waals surface area contributed by atoms with Gasteiger partial charge in [-0.3, -0.25) is 0 Å². The lowest BCUT2D eigenvalue weighted by molar-refractivity contribution is -0.966. The van der Waals surface area contributed by atoms with Crippen LogP contribution in [-0.4, -0.2) is 129 Å². The third-order valence-electron chi connectivity index (χ3n) is 8.29. The quantitative estimate of drug-likeness (QED) is 0.0602. The Labute approximate surface area is 306 Å². The summed E-state index contributed by atoms with van der Waals surface area (Å²) in [7, 11) is 0. The van der Waals surface area contributed by atoms with Crippen molar-refractivity contribution in [3.8, 4) is 0 Å². The van der Waals surface area contributed by atoms with Crippen molar-refractivity contribution < 1.29 is 17.9 Å². The molecule has 0 rings (SSSR count). The molecule has 2 N–H and O–H groups in total. The Bertz CT molecular complexity index is 714. The molecule has 0 aromatic carbocycles. The number of rotatable bonds is 30. The molecule has 0 aromatic rings. The molecule has 5 nitrogen and oxygen atoms in total. The van der Waals surface area contributed by atoms with Crippen LogP contribution in [0, 0.1) is 0 Å². The molecule has 0 aliphatic heterocycles. The largest absolute Gasteiger partial charge is 0.331 e. The van der Waals surface area contributed by atoms with Crippen LogP contribution in [0.5, 0.6) is 0 Å². The first-order valence-electron chi connectivity index (χ1n) is 17.5. The van der Waals surface area contributed by atoms with E-state index in [0.717, 1.165) is 129 Å². The molecular weight excluding hydrogens is 599 g/mol. The lowest BCUT2D eigenvalue weighted by Crippen LogP contribution is -2.58. The predicted molar refractivity (Wildman–Crippen MR) is 227 cm³/mol. The predicted octanol–water partition coefficient (Wildman–Crippen LogP) is 8.24. The topological polar surface area (TPSA) is 26.0 Å². The fourth-order valence-corrected chi connectivity index (χ4v) is 6.12. The number of quaternary nitrogens is 4. The van der Waals surface area contributed by atoms with E-state index in [-0.39, 0.29) is 0 Å². The van der Waals surface area contributed by atoms with Crippen molar-refractivity contribution in [3.05, 3.63) is 165 Å². The van der Waals surface area contributed by atoms with Crippen molar-refractivity contribution in [2.45, 2.75) is 6.92 Å². The van der Waals surface area contributed by atoms with Crippen LogP contribution >= 0.6 is 0 Å². The van der Waals surface area contributed by atoms with Crippen LogP contribution in [0.3, 0.4) is 0 Å². The zero-order chi connectivity index (χ0) is 38.5. The van der Waals surface area contributed by atoms with Gasteiger partial charge in [-0.2, -0.15) is 0 Å². The summed E-state index contributed by atoms with van der Waals surface area (Å²) >= 11 is 0. The highest BCUT2D eigenvalue weighted by Gasteiger charge is 2.32. The van der Waals surface area contributed by atoms with Gasteiger partial charge in [0.05, 0.1) is 78.5 Å². The first kappa shape index (κ1) is 52.2. The molecule has 276 valence electrons. The maximum absolute atomic E-state index is 4.85. The van der Waals surface area contributed by atoms with Gasteiger partial charge in [-0.25, -0.2) is 0 Å². The average Bonchev–Trinajstić information content (AvgIpc) is 3.06. The Balaban J connectivity index is -0.000000365. The minimum atomic E-state index is 0.750. The summed E-state index contributed by atoms with van der Waals surface area (Å²) in [6.45, 7) is 71.0. The Hall–Kier alpha value is -3.58. The van der Waals surface area contributed by atoms with Crippen molar-refractivity contribution in [1.82, 2.24) is 0 Å². The highest BCUT2D eigenvalue weighted by atomic mass is 15.4. The lowest BCUT2D eigenvalue weighted by atomic mass is 10.2. The third-order valence-corrected chi connectivity index (χ3v) is 8.29. The summed E-state index contributed by atoms with van der Waals surface area (Å²) in [6.07, 6.45) is 24.0. The van der Waals surface area contributed by atoms with Gasteiger partial charge in [0.2, 0.25) is 0 Å². The van der Waals surface area contributed by atoms with E-state index in [4.69, 9.17) is 5.73 Å². The number of hydrogen-bond acceptors (Lipinski definition) is 1. The Morgan fingerprint density at radius 3 is 0.449 bits per heavy atom. The number of hydrogen-bond donors (Lipinski definition) is 1. The molecule has 0 aromatic heterocycles. The number of nitrogens with zero attached hydrogens (tertiary/aromatic N) is 4. The fraction of sp³-hybridized carbons (Fsp3) is 0.409. The van der Waals surface area contributed by atoms with Crippen molar-refractivity contribution in [2.75, 3.05) is 111 Å². The maximum atomic E-state index is 4.85. The molecule has 0 heterocycles. The van der Waals surface area contributed by atoms with E-state index in [1.807, 2.05) is 79.8 Å². The van der Waals surface area contributed by atoms with Gasteiger partial charge < -0.3 is 23.7 Å². The van der Waals surface area contributed by atoms with Crippen LogP contribution < -0.4 is 5.73 Å². The summed E-state index contributed by atoms with van der Waals surface area (Å²) in [6, 6.07) is 0. The zero-order valence-corrected chi connectivity index (χ0v) is 32.2. The second kappa shape index (κ2) is 34.3. The van der Waals surface area contributed by atoms with Crippen LogP contribution in [-0.2, 0) is 0 Å². The lowest BCUT2D eigenvalue weighted by Gasteiger charge is -2.42. The third kappa shape index (κ3) is 23.4. The molecule has 0 fully saturated rings. The van der Waals surface area contributed by atoms with Crippen LogP contribution in [0.25, 0.3) is 0 Å². The molecule has 0 saturated heterocycles. The van der Waals surface area contributed by atoms with E-state index in [1.165, 1.54) is 0 Å². The minimum absolute atomic E-state index is 0.750. The van der Waals surface area contributed by atoms with Crippen LogP contribution in [0.4, 0.5) is 0 Å². The highest BCUT2D eigenvalue weighted by Crippen LogP contribution is 2.16. The molecule has 49 heavy (non-hydrogen) atoms. The van der Waals surface area contributed by atoms with Gasteiger partial charge >= 0.3 is 0 Å². The molecule has 0 saturated carbocycles. The average molecular weight is 678 g/mol. The minimum Gasteiger partial charge on any atom is -0.331 e. The molecule has 0 atom stereocenters. The van der Waals surface area contributed by atoms with Crippen molar-refractivity contribution in [2.24, 2.45) is 5.73 Å². The van der Waals surface area contributed by atoms with E-state index in [0.29, 0.717) is 0 Å². The van der Waals surface area contributed by atoms with Crippen molar-refractivity contribution in [1.29, 1.82) is 0 Å². The molecule has 0 amide bonds. The van der Waals surface area contributed by atoms with Crippen LogP contribution in [0.2, 0.25) is 0 Å². The van der Waals surface area contributed by atoms with Gasteiger partial charge in [-0.1, -0.05) is 85.9 Å². The normalized spacial score (nSPS) is 10.7. The van der Waals surface area contributed by atoms with Crippen molar-refractivity contribution >= 4 is 0 Å². The first-order valence-corrected chi connectivity index (χ1v) is 17.5. The standard InChI is InChI=1S/2C20H34N2.C2H7N.C2H4/c2*1-7-13-21(14-8-2,15-9-3)19-20-22(16-10-4,17-11-5)18-12-6;1-2-3;1-2/h2*7-12H,1-6,13-20H2;2-3H2,1H3;1-2H2/q2*+2;;. The molecule has 0 aliphatic carbocycles. The SMILES string of the molecule is C=C.C=CC[N+](CC=C)(CC=C)CC[N+](CC=C)(CC=C)CC=C.C=CC[N+](CC=C)(CC=C)CC[N+](CC=C)(CC=C)CC=C.CCN. The molecule has 0 aliphatic rings. The molecule has 0 bridgehead atoms. The van der Waals surface area contributed by atoms with Gasteiger partial charge in [-0.05, 0) is 79.5 Å². The Morgan fingerprint density at radius 1 is 0.306 bits per heavy atom. The molecule has 0 spiro atoms. The van der Waals surface area contributed by atoms with E-state index in [1.54, 1.807) is 0 Å². The highest BCUT2D eigenvalue weighted by molar-refractivity contribution is 4.81. The monoisotopic (exact) mass is 678 g/mol. The smallest absolute Gasteiger partial charge is 0.129 e. The van der Waals surface area contributed by atoms with E-state index < -0.39 is 0 Å². The second-order valence-electron chi connectivity index (χ2n) is 12.3. The molecular formula is C44H79N5+4. The van der Waals surface area contributed by atoms with Gasteiger partial charge in [0.15, 0.2) is 0 Å². The second-order valence-corrected chi connectivity index (χ2v) is 12.3. The van der Waals surface area contributed by atoms with Crippen LogP contribution in [0.15, 0.2) is 165 Å². The maximum Gasteiger partial charge on any atom is 0.129 e.